The van der Waals surface area contributed by atoms with E-state index < -0.39 is 52.4 Å². The zero-order valence-corrected chi connectivity index (χ0v) is 17.2. The molecule has 0 aliphatic heterocycles. The minimum atomic E-state index is -3.55. The molecule has 0 aromatic carbocycles. The van der Waals surface area contributed by atoms with E-state index >= 15 is 0 Å². The van der Waals surface area contributed by atoms with Crippen molar-refractivity contribution in [2.45, 2.75) is 0 Å². The first-order valence-electron chi connectivity index (χ1n) is 4.82. The van der Waals surface area contributed by atoms with Gasteiger partial charge < -0.3 is 35.7 Å². The van der Waals surface area contributed by atoms with Gasteiger partial charge in [0.15, 0.2) is 0 Å². The van der Waals surface area contributed by atoms with Crippen LogP contribution in [0.1, 0.15) is 0 Å². The normalized spacial score (nSPS) is 7.66. The molecular formula is C3H24Co2N12O12. The molecule has 15 N–H and O–H groups in total. The molecule has 0 aromatic rings. The van der Waals surface area contributed by atoms with Gasteiger partial charge in [-0.15, -0.1) is 0 Å². The van der Waals surface area contributed by atoms with Gasteiger partial charge in [-0.05, 0) is 21.1 Å². The quantitative estimate of drug-likeness (QED) is 0.151. The van der Waals surface area contributed by atoms with Crippen molar-refractivity contribution in [2.24, 2.45) is 17.2 Å². The van der Waals surface area contributed by atoms with Crippen LogP contribution in [0.25, 0.3) is 0 Å². The molecule has 0 atom stereocenters. The fraction of sp³-hybridized carbons (Fsp3) is 1.00. The van der Waals surface area contributed by atoms with Crippen LogP contribution in [-0.4, -0.2) is 45.0 Å². The van der Waals surface area contributed by atoms with E-state index in [2.05, 4.69) is 17.2 Å². The second-order valence-electron chi connectivity index (χ2n) is 1.58. The molecule has 0 bridgehead atoms. The predicted octanol–water partition coefficient (Wildman–Crippen LogP) is -2.43. The summed E-state index contributed by atoms with van der Waals surface area (Å²) in [6, 6.07) is 0. The molecule has 0 unspecified atom stereocenters. The molecule has 0 saturated heterocycles. The standard InChI is InChI=1S/3CH5N.2Co.6NO2.3H3N/c3*1-2;;;6*2-1-3;;;/h3*2H2,1H3;;;;;;;;;3*1H3. The monoisotopic (exact) mass is 538 g/mol. The van der Waals surface area contributed by atoms with Crippen molar-refractivity contribution in [3.8, 4) is 0 Å². The molecule has 0 fully saturated rings. The summed E-state index contributed by atoms with van der Waals surface area (Å²) in [5, 5.41) is 57.2. The van der Waals surface area contributed by atoms with E-state index in [9.17, 15) is 60.7 Å². The third kappa shape index (κ3) is 30.2. The summed E-state index contributed by atoms with van der Waals surface area (Å²) in [5.74, 6) is 0. The van der Waals surface area contributed by atoms with Gasteiger partial charge in [-0.1, -0.05) is 0 Å². The number of nitro groups is 6. The van der Waals surface area contributed by atoms with Crippen LogP contribution in [0.3, 0.4) is 0 Å². The van der Waals surface area contributed by atoms with Crippen LogP contribution < -0.4 is 35.7 Å². The van der Waals surface area contributed by atoms with Gasteiger partial charge in [0.25, 0.3) is 0 Å². The van der Waals surface area contributed by atoms with Gasteiger partial charge in [-0.3, -0.25) is 0 Å². The van der Waals surface area contributed by atoms with E-state index in [0.717, 1.165) is 0 Å². The maximum absolute atomic E-state index is 9.53. The first kappa shape index (κ1) is 50.2. The Morgan fingerprint density at radius 3 is 0.483 bits per heavy atom. The average Bonchev–Trinajstić information content (AvgIpc) is 2.51. The SMILES string of the molecule is CN.CN.CN.N.N.N.O=[N+]([O-])[Co]([N+](=O)[O-])[N+](=O)[O-].O=[N+]([O-])[Co]([N+](=O)[O-])[N+](=O)[O-]. The Bertz CT molecular complexity index is 368. The van der Waals surface area contributed by atoms with Gasteiger partial charge in [0, 0.05) is 0 Å². The fourth-order valence-corrected chi connectivity index (χ4v) is 1.10. The molecule has 186 valence electrons. The van der Waals surface area contributed by atoms with Gasteiger partial charge in [0.1, 0.15) is 0 Å². The number of nitrogens with two attached hydrogens (primary N) is 3. The van der Waals surface area contributed by atoms with Crippen LogP contribution in [0, 0.1) is 60.7 Å². The molecule has 0 radical (unpaired) electrons. The van der Waals surface area contributed by atoms with Gasteiger partial charge in [0.05, 0.1) is 0 Å². The van der Waals surface area contributed by atoms with Crippen molar-refractivity contribution in [2.75, 3.05) is 21.1 Å². The van der Waals surface area contributed by atoms with E-state index in [1.54, 1.807) is 0 Å². The fourth-order valence-electron chi connectivity index (χ4n) is 0.267. The first-order valence-corrected chi connectivity index (χ1v) is 7.61. The summed E-state index contributed by atoms with van der Waals surface area (Å²) in [6.45, 7) is 0. The average molecular weight is 538 g/mol. The second-order valence-corrected chi connectivity index (χ2v) is 5.11. The third-order valence-electron chi connectivity index (χ3n) is 0.653. The summed E-state index contributed by atoms with van der Waals surface area (Å²) in [4.78, 5) is 57.2. The Morgan fingerprint density at radius 1 is 0.414 bits per heavy atom. The zero-order chi connectivity index (χ0) is 22.6. The number of nitrogens with zero attached hydrogens (tertiary/aromatic N) is 6. The van der Waals surface area contributed by atoms with Crippen LogP contribution in [0.15, 0.2) is 0 Å². The van der Waals surface area contributed by atoms with E-state index in [0.29, 0.717) is 0 Å². The summed E-state index contributed by atoms with van der Waals surface area (Å²) in [6.07, 6.45) is 0. The molecule has 0 rings (SSSR count). The maximum atomic E-state index is 9.53. The Morgan fingerprint density at radius 2 is 0.483 bits per heavy atom. The summed E-state index contributed by atoms with van der Waals surface area (Å²) >= 11 is -7.10. The molecule has 29 heavy (non-hydrogen) atoms. The predicted molar refractivity (Wildman–Crippen MR) is 87.4 cm³/mol. The second kappa shape index (κ2) is 32.8. The van der Waals surface area contributed by atoms with Crippen molar-refractivity contribution >= 4 is 0 Å². The first-order chi connectivity index (χ1) is 11.9. The molecule has 0 aromatic heterocycles. The molecule has 24 nitrogen and oxygen atoms in total. The molecule has 0 saturated carbocycles. The molecule has 26 heteroatoms. The molecule has 0 aliphatic carbocycles. The molecular weight excluding hydrogens is 514 g/mol. The molecule has 0 amide bonds. The Kier molecular flexibility index (Phi) is 56.8. The van der Waals surface area contributed by atoms with Gasteiger partial charge in [0.2, 0.25) is 0 Å². The number of hydrogen-bond donors (Lipinski definition) is 6. The van der Waals surface area contributed by atoms with Crippen LogP contribution in [-0.2, 0) is 28.6 Å². The van der Waals surface area contributed by atoms with E-state index in [1.165, 1.54) is 21.1 Å². The van der Waals surface area contributed by atoms with Crippen LogP contribution in [0.2, 0.25) is 0 Å². The van der Waals surface area contributed by atoms with E-state index in [1.807, 2.05) is 0 Å². The molecule has 0 spiro atoms. The number of rotatable bonds is 6. The van der Waals surface area contributed by atoms with Crippen LogP contribution in [0.4, 0.5) is 0 Å². The number of hydrogen-bond acceptors (Lipinski definition) is 18. The Balaban J connectivity index is -0.0000000370. The van der Waals surface area contributed by atoms with Crippen LogP contribution >= 0.6 is 0 Å². The zero-order valence-electron chi connectivity index (χ0n) is 15.1. The van der Waals surface area contributed by atoms with Crippen molar-refractivity contribution in [3.63, 3.8) is 0 Å². The minimum absolute atomic E-state index is 0. The van der Waals surface area contributed by atoms with Crippen LogP contribution in [0.5, 0.6) is 0 Å². The van der Waals surface area contributed by atoms with Gasteiger partial charge in [-0.25, -0.2) is 0 Å². The summed E-state index contributed by atoms with van der Waals surface area (Å²) in [5.41, 5.74) is 13.5. The van der Waals surface area contributed by atoms with Crippen molar-refractivity contribution in [1.82, 2.24) is 18.5 Å². The molecule has 0 aliphatic rings. The third-order valence-corrected chi connectivity index (χ3v) is 2.69. The van der Waals surface area contributed by atoms with E-state index in [-0.39, 0.29) is 18.5 Å². The Labute approximate surface area is 170 Å². The summed E-state index contributed by atoms with van der Waals surface area (Å²) in [7, 11) is 4.50. The van der Waals surface area contributed by atoms with Gasteiger partial charge in [-0.2, -0.15) is 0 Å². The van der Waals surface area contributed by atoms with E-state index in [4.69, 9.17) is 0 Å². The van der Waals surface area contributed by atoms with Crippen molar-refractivity contribution < 1.29 is 52.4 Å². The molecule has 0 heterocycles. The van der Waals surface area contributed by atoms with Gasteiger partial charge >= 0.3 is 113 Å². The van der Waals surface area contributed by atoms with Crippen molar-refractivity contribution in [3.05, 3.63) is 60.7 Å². The Hall–Kier alpha value is -2.83. The summed E-state index contributed by atoms with van der Waals surface area (Å²) < 4.78 is -9.12. The topological polar surface area (TPSA) is 442 Å². The van der Waals surface area contributed by atoms with Crippen molar-refractivity contribution in [1.29, 1.82) is 0 Å².